The lowest BCUT2D eigenvalue weighted by Gasteiger charge is -2.12. The van der Waals surface area contributed by atoms with E-state index in [1.165, 1.54) is 6.42 Å². The van der Waals surface area contributed by atoms with Crippen LogP contribution in [0.15, 0.2) is 18.2 Å². The molecule has 72 valence electrons. The fraction of sp³-hybridized carbons (Fsp3) is 0.364. The standard InChI is InChI=1S/C11H11ClN2/c12-11-8(7-13)3-1-4-9(11)10-5-2-6-14-10/h1,3-4,10,14H,2,5-6H2. The molecule has 0 aliphatic carbocycles. The van der Waals surface area contributed by atoms with Crippen molar-refractivity contribution in [3.8, 4) is 6.07 Å². The lowest BCUT2D eigenvalue weighted by atomic mass is 10.0. The molecule has 0 amide bonds. The summed E-state index contributed by atoms with van der Waals surface area (Å²) in [4.78, 5) is 0. The van der Waals surface area contributed by atoms with Gasteiger partial charge in [-0.05, 0) is 31.0 Å². The Labute approximate surface area is 88.5 Å². The highest BCUT2D eigenvalue weighted by molar-refractivity contribution is 6.32. The van der Waals surface area contributed by atoms with E-state index in [-0.39, 0.29) is 0 Å². The van der Waals surface area contributed by atoms with E-state index in [1.54, 1.807) is 6.07 Å². The third-order valence-corrected chi connectivity index (χ3v) is 3.01. The average Bonchev–Trinajstić information content (AvgIpc) is 2.71. The monoisotopic (exact) mass is 206 g/mol. The van der Waals surface area contributed by atoms with Crippen LogP contribution in [0.3, 0.4) is 0 Å². The first-order valence-corrected chi connectivity index (χ1v) is 5.12. The molecule has 1 atom stereocenters. The van der Waals surface area contributed by atoms with Crippen LogP contribution in [-0.2, 0) is 0 Å². The molecule has 0 bridgehead atoms. The van der Waals surface area contributed by atoms with Gasteiger partial charge in [-0.2, -0.15) is 5.26 Å². The zero-order valence-corrected chi connectivity index (χ0v) is 8.51. The second-order valence-corrected chi connectivity index (χ2v) is 3.85. The highest BCUT2D eigenvalue weighted by Crippen LogP contribution is 2.30. The summed E-state index contributed by atoms with van der Waals surface area (Å²) < 4.78 is 0. The number of nitrogens with zero attached hydrogens (tertiary/aromatic N) is 1. The van der Waals surface area contributed by atoms with Crippen molar-refractivity contribution in [1.29, 1.82) is 5.26 Å². The van der Waals surface area contributed by atoms with E-state index in [2.05, 4.69) is 11.4 Å². The second-order valence-electron chi connectivity index (χ2n) is 3.47. The molecule has 1 fully saturated rings. The van der Waals surface area contributed by atoms with Gasteiger partial charge < -0.3 is 5.32 Å². The van der Waals surface area contributed by atoms with Gasteiger partial charge in [0.15, 0.2) is 0 Å². The summed E-state index contributed by atoms with van der Waals surface area (Å²) in [5.41, 5.74) is 1.63. The molecule has 3 heteroatoms. The first kappa shape index (κ1) is 9.51. The average molecular weight is 207 g/mol. The van der Waals surface area contributed by atoms with Crippen molar-refractivity contribution < 1.29 is 0 Å². The Morgan fingerprint density at radius 1 is 1.50 bits per heavy atom. The van der Waals surface area contributed by atoms with Crippen molar-refractivity contribution in [3.63, 3.8) is 0 Å². The van der Waals surface area contributed by atoms with Gasteiger partial charge in [0.2, 0.25) is 0 Å². The zero-order valence-electron chi connectivity index (χ0n) is 7.76. The van der Waals surface area contributed by atoms with Crippen molar-refractivity contribution in [1.82, 2.24) is 5.32 Å². The third kappa shape index (κ3) is 1.61. The van der Waals surface area contributed by atoms with Crippen LogP contribution in [0.1, 0.15) is 30.0 Å². The summed E-state index contributed by atoms with van der Waals surface area (Å²) in [5.74, 6) is 0. The highest BCUT2D eigenvalue weighted by Gasteiger charge is 2.19. The molecule has 1 aliphatic heterocycles. The van der Waals surface area contributed by atoms with Crippen molar-refractivity contribution in [2.24, 2.45) is 0 Å². The lowest BCUT2D eigenvalue weighted by molar-refractivity contribution is 0.648. The maximum absolute atomic E-state index is 8.83. The van der Waals surface area contributed by atoms with E-state index >= 15 is 0 Å². The fourth-order valence-corrected chi connectivity index (χ4v) is 2.16. The number of hydrogen-bond acceptors (Lipinski definition) is 2. The summed E-state index contributed by atoms with van der Waals surface area (Å²) in [7, 11) is 0. The van der Waals surface area contributed by atoms with Gasteiger partial charge in [0, 0.05) is 6.04 Å². The van der Waals surface area contributed by atoms with Gasteiger partial charge in [-0.25, -0.2) is 0 Å². The third-order valence-electron chi connectivity index (χ3n) is 2.58. The van der Waals surface area contributed by atoms with Crippen LogP contribution >= 0.6 is 11.6 Å². The van der Waals surface area contributed by atoms with Gasteiger partial charge in [0.25, 0.3) is 0 Å². The van der Waals surface area contributed by atoms with E-state index in [0.29, 0.717) is 16.6 Å². The minimum Gasteiger partial charge on any atom is -0.310 e. The number of halogens is 1. The van der Waals surface area contributed by atoms with Gasteiger partial charge in [0.05, 0.1) is 10.6 Å². The molecule has 0 spiro atoms. The van der Waals surface area contributed by atoms with Crippen LogP contribution in [0, 0.1) is 11.3 Å². The van der Waals surface area contributed by atoms with Gasteiger partial charge in [-0.1, -0.05) is 23.7 Å². The van der Waals surface area contributed by atoms with E-state index in [1.807, 2.05) is 12.1 Å². The van der Waals surface area contributed by atoms with Crippen LogP contribution in [-0.4, -0.2) is 6.54 Å². The van der Waals surface area contributed by atoms with Crippen LogP contribution in [0.2, 0.25) is 5.02 Å². The first-order valence-electron chi connectivity index (χ1n) is 4.75. The molecule has 0 radical (unpaired) electrons. The minimum atomic E-state index is 0.329. The van der Waals surface area contributed by atoms with Crippen LogP contribution in [0.4, 0.5) is 0 Å². The van der Waals surface area contributed by atoms with E-state index in [9.17, 15) is 0 Å². The summed E-state index contributed by atoms with van der Waals surface area (Å²) in [6.45, 7) is 1.04. The topological polar surface area (TPSA) is 35.8 Å². The Morgan fingerprint density at radius 3 is 3.00 bits per heavy atom. The minimum absolute atomic E-state index is 0.329. The molecule has 14 heavy (non-hydrogen) atoms. The molecule has 1 aromatic rings. The molecule has 0 aromatic heterocycles. The van der Waals surface area contributed by atoms with Gasteiger partial charge in [-0.3, -0.25) is 0 Å². The summed E-state index contributed by atoms with van der Waals surface area (Å²) >= 11 is 6.13. The molecule has 1 heterocycles. The molecule has 2 nitrogen and oxygen atoms in total. The van der Waals surface area contributed by atoms with Crippen molar-refractivity contribution in [2.45, 2.75) is 18.9 Å². The summed E-state index contributed by atoms with van der Waals surface area (Å²) in [5, 5.41) is 12.8. The summed E-state index contributed by atoms with van der Waals surface area (Å²) in [6, 6.07) is 8.06. The first-order chi connectivity index (χ1) is 6.83. The second kappa shape index (κ2) is 4.00. The Hall–Kier alpha value is -1.04. The SMILES string of the molecule is N#Cc1cccc(C2CCCN2)c1Cl. The Morgan fingerprint density at radius 2 is 2.36 bits per heavy atom. The quantitative estimate of drug-likeness (QED) is 0.767. The Kier molecular flexibility index (Phi) is 2.72. The molecular formula is C11H11ClN2. The van der Waals surface area contributed by atoms with Crippen LogP contribution in [0.5, 0.6) is 0 Å². The maximum atomic E-state index is 8.83. The van der Waals surface area contributed by atoms with Crippen molar-refractivity contribution >= 4 is 11.6 Å². The highest BCUT2D eigenvalue weighted by atomic mass is 35.5. The van der Waals surface area contributed by atoms with Crippen LogP contribution < -0.4 is 5.32 Å². The van der Waals surface area contributed by atoms with Crippen molar-refractivity contribution in [3.05, 3.63) is 34.3 Å². The molecule has 1 aliphatic rings. The van der Waals surface area contributed by atoms with Crippen molar-refractivity contribution in [2.75, 3.05) is 6.54 Å². The predicted octanol–water partition coefficient (Wildman–Crippen LogP) is 2.64. The molecule has 1 unspecified atom stereocenters. The van der Waals surface area contributed by atoms with E-state index < -0.39 is 0 Å². The molecule has 1 saturated heterocycles. The number of nitrogens with one attached hydrogen (secondary N) is 1. The van der Waals surface area contributed by atoms with E-state index in [4.69, 9.17) is 16.9 Å². The smallest absolute Gasteiger partial charge is 0.101 e. The molecule has 0 saturated carbocycles. The van der Waals surface area contributed by atoms with Gasteiger partial charge >= 0.3 is 0 Å². The molecule has 1 aromatic carbocycles. The lowest BCUT2D eigenvalue weighted by Crippen LogP contribution is -2.13. The largest absolute Gasteiger partial charge is 0.310 e. The van der Waals surface area contributed by atoms with Gasteiger partial charge in [0.1, 0.15) is 6.07 Å². The Balaban J connectivity index is 2.38. The normalized spacial score (nSPS) is 20.7. The molecule has 1 N–H and O–H groups in total. The van der Waals surface area contributed by atoms with Crippen LogP contribution in [0.25, 0.3) is 0 Å². The number of hydrogen-bond donors (Lipinski definition) is 1. The number of benzene rings is 1. The predicted molar refractivity (Wildman–Crippen MR) is 56.1 cm³/mol. The number of rotatable bonds is 1. The molecular weight excluding hydrogens is 196 g/mol. The zero-order chi connectivity index (χ0) is 9.97. The number of nitriles is 1. The maximum Gasteiger partial charge on any atom is 0.101 e. The Bertz CT molecular complexity index is 375. The fourth-order valence-electron chi connectivity index (χ4n) is 1.86. The summed E-state index contributed by atoms with van der Waals surface area (Å²) in [6.07, 6.45) is 2.28. The van der Waals surface area contributed by atoms with Gasteiger partial charge in [-0.15, -0.1) is 0 Å². The molecule has 2 rings (SSSR count). The van der Waals surface area contributed by atoms with E-state index in [0.717, 1.165) is 18.5 Å².